The molecule has 0 aliphatic carbocycles. The summed E-state index contributed by atoms with van der Waals surface area (Å²) in [4.78, 5) is 17.1. The van der Waals surface area contributed by atoms with E-state index in [4.69, 9.17) is 0 Å². The minimum absolute atomic E-state index is 0.696. The fourth-order valence-electron chi connectivity index (χ4n) is 3.91. The van der Waals surface area contributed by atoms with Crippen LogP contribution < -0.4 is 5.32 Å². The second-order valence-electron chi connectivity index (χ2n) is 7.90. The monoisotopic (exact) mass is 396 g/mol. The zero-order valence-corrected chi connectivity index (χ0v) is 18.0. The number of benzene rings is 1. The predicted molar refractivity (Wildman–Crippen MR) is 121 cm³/mol. The van der Waals surface area contributed by atoms with Crippen molar-refractivity contribution in [1.82, 2.24) is 25.1 Å². The Morgan fingerprint density at radius 2 is 1.93 bits per heavy atom. The number of imidazole rings is 1. The molecule has 6 nitrogen and oxygen atoms in total. The quantitative estimate of drug-likeness (QED) is 0.385. The number of piperidine rings is 1. The molecule has 1 aromatic heterocycles. The van der Waals surface area contributed by atoms with Gasteiger partial charge in [0.2, 0.25) is 0 Å². The third-order valence-corrected chi connectivity index (χ3v) is 5.56. The molecule has 0 radical (unpaired) electrons. The van der Waals surface area contributed by atoms with Crippen molar-refractivity contribution in [2.45, 2.75) is 45.1 Å². The van der Waals surface area contributed by atoms with E-state index in [9.17, 15) is 0 Å². The number of guanidine groups is 1. The summed E-state index contributed by atoms with van der Waals surface area (Å²) >= 11 is 0. The first-order valence-electron chi connectivity index (χ1n) is 11.0. The number of likely N-dealkylation sites (tertiary alicyclic amines) is 1. The van der Waals surface area contributed by atoms with E-state index in [1.54, 1.807) is 0 Å². The molecule has 1 aromatic carbocycles. The lowest BCUT2D eigenvalue weighted by molar-refractivity contribution is 0.224. The SMILES string of the molecule is CN=C(NCCCCCN1CCCCC1)N(C)Cc1ncc(-c2ccccc2)[nH]1. The number of nitrogens with zero attached hydrogens (tertiary/aromatic N) is 4. The van der Waals surface area contributed by atoms with Crippen LogP contribution in [-0.4, -0.2) is 66.0 Å². The number of rotatable bonds is 9. The average Bonchev–Trinajstić information content (AvgIpc) is 3.23. The molecule has 2 heterocycles. The number of hydrogen-bond donors (Lipinski definition) is 2. The van der Waals surface area contributed by atoms with Crippen molar-refractivity contribution in [3.05, 3.63) is 42.4 Å². The van der Waals surface area contributed by atoms with Gasteiger partial charge in [0.05, 0.1) is 18.4 Å². The average molecular weight is 397 g/mol. The lowest BCUT2D eigenvalue weighted by Gasteiger charge is -2.26. The Labute approximate surface area is 175 Å². The van der Waals surface area contributed by atoms with E-state index in [1.165, 1.54) is 58.2 Å². The number of hydrogen-bond acceptors (Lipinski definition) is 3. The minimum Gasteiger partial charge on any atom is -0.356 e. The molecular formula is C23H36N6. The third kappa shape index (κ3) is 6.89. The largest absolute Gasteiger partial charge is 0.356 e. The lowest BCUT2D eigenvalue weighted by atomic mass is 10.1. The maximum absolute atomic E-state index is 4.53. The minimum atomic E-state index is 0.696. The highest BCUT2D eigenvalue weighted by Crippen LogP contribution is 2.16. The molecule has 1 aliphatic rings. The van der Waals surface area contributed by atoms with Gasteiger partial charge in [0, 0.05) is 20.6 Å². The van der Waals surface area contributed by atoms with Crippen LogP contribution >= 0.6 is 0 Å². The van der Waals surface area contributed by atoms with E-state index in [0.29, 0.717) is 6.54 Å². The summed E-state index contributed by atoms with van der Waals surface area (Å²) in [6.45, 7) is 5.52. The van der Waals surface area contributed by atoms with Gasteiger partial charge in [0.1, 0.15) is 5.82 Å². The van der Waals surface area contributed by atoms with Crippen molar-refractivity contribution in [2.24, 2.45) is 4.99 Å². The first-order valence-corrected chi connectivity index (χ1v) is 11.0. The maximum atomic E-state index is 4.53. The normalized spacial score (nSPS) is 15.4. The molecule has 0 unspecified atom stereocenters. The molecule has 1 saturated heterocycles. The maximum Gasteiger partial charge on any atom is 0.193 e. The van der Waals surface area contributed by atoms with Gasteiger partial charge < -0.3 is 20.1 Å². The zero-order valence-electron chi connectivity index (χ0n) is 18.0. The Hall–Kier alpha value is -2.34. The fourth-order valence-corrected chi connectivity index (χ4v) is 3.91. The van der Waals surface area contributed by atoms with Crippen LogP contribution in [0.15, 0.2) is 41.5 Å². The van der Waals surface area contributed by atoms with Gasteiger partial charge >= 0.3 is 0 Å². The Kier molecular flexibility index (Phi) is 8.56. The molecule has 29 heavy (non-hydrogen) atoms. The number of aliphatic imine (C=N–C) groups is 1. The fraction of sp³-hybridized carbons (Fsp3) is 0.565. The molecule has 1 aliphatic heterocycles. The Bertz CT molecular complexity index is 733. The van der Waals surface area contributed by atoms with Crippen molar-refractivity contribution in [3.8, 4) is 11.3 Å². The van der Waals surface area contributed by atoms with Crippen LogP contribution in [0.4, 0.5) is 0 Å². The number of aromatic amines is 1. The van der Waals surface area contributed by atoms with Gasteiger partial charge in [-0.2, -0.15) is 0 Å². The third-order valence-electron chi connectivity index (χ3n) is 5.56. The van der Waals surface area contributed by atoms with Gasteiger partial charge in [0.15, 0.2) is 5.96 Å². The molecule has 0 atom stereocenters. The van der Waals surface area contributed by atoms with Crippen molar-refractivity contribution < 1.29 is 0 Å². The van der Waals surface area contributed by atoms with Crippen LogP contribution in [-0.2, 0) is 6.54 Å². The summed E-state index contributed by atoms with van der Waals surface area (Å²) in [5.74, 6) is 1.86. The summed E-state index contributed by atoms with van der Waals surface area (Å²) in [6.07, 6.45) is 9.82. The van der Waals surface area contributed by atoms with Gasteiger partial charge in [0.25, 0.3) is 0 Å². The van der Waals surface area contributed by atoms with Crippen LogP contribution in [0.1, 0.15) is 44.3 Å². The Morgan fingerprint density at radius 1 is 1.14 bits per heavy atom. The van der Waals surface area contributed by atoms with Crippen molar-refractivity contribution in [1.29, 1.82) is 0 Å². The topological polar surface area (TPSA) is 59.6 Å². The van der Waals surface area contributed by atoms with Gasteiger partial charge in [-0.1, -0.05) is 43.2 Å². The van der Waals surface area contributed by atoms with Crippen molar-refractivity contribution >= 4 is 5.96 Å². The predicted octanol–water partition coefficient (Wildman–Crippen LogP) is 3.74. The van der Waals surface area contributed by atoms with E-state index in [0.717, 1.165) is 29.6 Å². The molecule has 1 fully saturated rings. The van der Waals surface area contributed by atoms with E-state index < -0.39 is 0 Å². The summed E-state index contributed by atoms with van der Waals surface area (Å²) < 4.78 is 0. The summed E-state index contributed by atoms with van der Waals surface area (Å²) in [6, 6.07) is 10.3. The Balaban J connectivity index is 1.36. The smallest absolute Gasteiger partial charge is 0.193 e. The molecule has 0 amide bonds. The van der Waals surface area contributed by atoms with Crippen molar-refractivity contribution in [3.63, 3.8) is 0 Å². The number of aromatic nitrogens is 2. The highest BCUT2D eigenvalue weighted by atomic mass is 15.3. The molecule has 3 rings (SSSR count). The van der Waals surface area contributed by atoms with Crippen LogP contribution in [0.5, 0.6) is 0 Å². The molecule has 0 bridgehead atoms. The van der Waals surface area contributed by atoms with E-state index >= 15 is 0 Å². The van der Waals surface area contributed by atoms with Gasteiger partial charge in [-0.15, -0.1) is 0 Å². The lowest BCUT2D eigenvalue weighted by Crippen LogP contribution is -2.39. The second-order valence-corrected chi connectivity index (χ2v) is 7.90. The summed E-state index contributed by atoms with van der Waals surface area (Å²) in [5.41, 5.74) is 2.20. The molecule has 2 aromatic rings. The van der Waals surface area contributed by atoms with Gasteiger partial charge in [-0.05, 0) is 50.9 Å². The molecule has 6 heteroatoms. The first-order chi connectivity index (χ1) is 14.3. The van der Waals surface area contributed by atoms with Crippen molar-refractivity contribution in [2.75, 3.05) is 40.3 Å². The van der Waals surface area contributed by atoms with Crippen LogP contribution in [0, 0.1) is 0 Å². The molecular weight excluding hydrogens is 360 g/mol. The second kappa shape index (κ2) is 11.6. The van der Waals surface area contributed by atoms with E-state index in [1.807, 2.05) is 31.4 Å². The molecule has 0 spiro atoms. The zero-order chi connectivity index (χ0) is 20.3. The molecule has 2 N–H and O–H groups in total. The summed E-state index contributed by atoms with van der Waals surface area (Å²) in [7, 11) is 3.89. The number of H-pyrrole nitrogens is 1. The standard InChI is InChI=1S/C23H36N6/c1-24-23(25-14-8-4-9-15-29-16-10-5-11-17-29)28(2)19-22-26-18-21(27-22)20-12-6-3-7-13-20/h3,6-7,12-13,18H,4-5,8-11,14-17,19H2,1-2H3,(H,24,25)(H,26,27). The van der Waals surface area contributed by atoms with Gasteiger partial charge in [-0.3, -0.25) is 4.99 Å². The Morgan fingerprint density at radius 3 is 2.69 bits per heavy atom. The van der Waals surface area contributed by atoms with Crippen LogP contribution in [0.3, 0.4) is 0 Å². The number of nitrogens with one attached hydrogen (secondary N) is 2. The van der Waals surface area contributed by atoms with E-state index in [-0.39, 0.29) is 0 Å². The first kappa shape index (κ1) is 21.4. The highest BCUT2D eigenvalue weighted by Gasteiger charge is 2.11. The van der Waals surface area contributed by atoms with Gasteiger partial charge in [-0.25, -0.2) is 4.98 Å². The summed E-state index contributed by atoms with van der Waals surface area (Å²) in [5, 5.41) is 3.49. The highest BCUT2D eigenvalue weighted by molar-refractivity contribution is 5.79. The molecule has 0 saturated carbocycles. The number of unbranched alkanes of at least 4 members (excludes halogenated alkanes) is 2. The van der Waals surface area contributed by atoms with Crippen LogP contribution in [0.2, 0.25) is 0 Å². The molecule has 158 valence electrons. The van der Waals surface area contributed by atoms with Crippen LogP contribution in [0.25, 0.3) is 11.3 Å². The van der Waals surface area contributed by atoms with E-state index in [2.05, 4.69) is 49.3 Å².